The second-order valence-electron chi connectivity index (χ2n) is 12.0. The van der Waals surface area contributed by atoms with Gasteiger partial charge in [0.15, 0.2) is 5.82 Å². The van der Waals surface area contributed by atoms with Gasteiger partial charge >= 0.3 is 0 Å². The summed E-state index contributed by atoms with van der Waals surface area (Å²) in [6.45, 7) is 4.62. The van der Waals surface area contributed by atoms with Crippen LogP contribution in [0, 0.1) is 24.5 Å². The zero-order valence-electron chi connectivity index (χ0n) is 23.7. The average molecular weight is 574 g/mol. The number of hydrogen-bond donors (Lipinski definition) is 3. The number of hydrogen-bond acceptors (Lipinski definition) is 6. The van der Waals surface area contributed by atoms with E-state index in [1.165, 1.54) is 44.2 Å². The minimum Gasteiger partial charge on any atom is -0.488 e. The van der Waals surface area contributed by atoms with E-state index < -0.39 is 28.7 Å². The van der Waals surface area contributed by atoms with Gasteiger partial charge in [0.05, 0.1) is 23.9 Å². The molecule has 0 spiro atoms. The summed E-state index contributed by atoms with van der Waals surface area (Å²) >= 11 is 0. The lowest BCUT2D eigenvalue weighted by Gasteiger charge is -2.31. The van der Waals surface area contributed by atoms with Crippen molar-refractivity contribution in [1.29, 1.82) is 0 Å². The minimum atomic E-state index is -1.64. The third kappa shape index (κ3) is 5.58. The highest BCUT2D eigenvalue weighted by atomic mass is 19.1. The normalized spacial score (nSPS) is 16.7. The van der Waals surface area contributed by atoms with E-state index in [1.807, 2.05) is 13.0 Å². The molecule has 2 aliphatic carbocycles. The van der Waals surface area contributed by atoms with Gasteiger partial charge in [-0.25, -0.2) is 13.8 Å². The SMILES string of the molecule is Cc1cnc2c(OC3CC3)cc(C(=O)NC[C@](O)(c3cc(C(C)(C)O)c(F)c(-c4ccc(F)cc4)n3)C3CC3)cc2c1. The Morgan fingerprint density at radius 1 is 1.05 bits per heavy atom. The molecule has 0 unspecified atom stereocenters. The van der Waals surface area contributed by atoms with E-state index in [1.54, 1.807) is 18.3 Å². The predicted molar refractivity (Wildman–Crippen MR) is 154 cm³/mol. The number of carbonyl (C=O) groups excluding carboxylic acids is 1. The first-order valence-electron chi connectivity index (χ1n) is 14.2. The first-order chi connectivity index (χ1) is 19.9. The summed E-state index contributed by atoms with van der Waals surface area (Å²) in [6, 6.07) is 11.9. The number of ether oxygens (including phenoxy) is 1. The Hall–Kier alpha value is -3.95. The molecule has 7 nitrogen and oxygen atoms in total. The van der Waals surface area contributed by atoms with Crippen molar-refractivity contribution < 1.29 is 28.5 Å². The number of benzene rings is 2. The summed E-state index contributed by atoms with van der Waals surface area (Å²) in [7, 11) is 0. The van der Waals surface area contributed by atoms with Crippen LogP contribution >= 0.6 is 0 Å². The van der Waals surface area contributed by atoms with Crippen molar-refractivity contribution in [2.75, 3.05) is 6.54 Å². The van der Waals surface area contributed by atoms with Gasteiger partial charge in [-0.3, -0.25) is 9.78 Å². The van der Waals surface area contributed by atoms with E-state index >= 15 is 4.39 Å². The van der Waals surface area contributed by atoms with Crippen molar-refractivity contribution in [2.24, 2.45) is 5.92 Å². The Labute approximate surface area is 242 Å². The molecule has 2 aromatic carbocycles. The first-order valence-corrected chi connectivity index (χ1v) is 14.2. The van der Waals surface area contributed by atoms with Crippen LogP contribution in [0.2, 0.25) is 0 Å². The number of halogens is 2. The van der Waals surface area contributed by atoms with Gasteiger partial charge in [0, 0.05) is 28.3 Å². The van der Waals surface area contributed by atoms with Crippen molar-refractivity contribution in [3.8, 4) is 17.0 Å². The van der Waals surface area contributed by atoms with Gasteiger partial charge in [0.25, 0.3) is 5.91 Å². The molecule has 9 heteroatoms. The Bertz CT molecular complexity index is 1680. The molecule has 2 aromatic heterocycles. The fraction of sp³-hybridized carbons (Fsp3) is 0.364. The zero-order chi connectivity index (χ0) is 29.8. The van der Waals surface area contributed by atoms with Crippen LogP contribution in [0.5, 0.6) is 5.75 Å². The zero-order valence-corrected chi connectivity index (χ0v) is 23.7. The van der Waals surface area contributed by atoms with Crippen molar-refractivity contribution in [3.05, 3.63) is 88.7 Å². The smallest absolute Gasteiger partial charge is 0.251 e. The fourth-order valence-electron chi connectivity index (χ4n) is 5.23. The number of aryl methyl sites for hydroxylation is 1. The third-order valence-electron chi connectivity index (χ3n) is 7.91. The van der Waals surface area contributed by atoms with E-state index in [4.69, 9.17) is 4.74 Å². The number of aromatic nitrogens is 2. The number of nitrogens with one attached hydrogen (secondary N) is 1. The summed E-state index contributed by atoms with van der Waals surface area (Å²) in [6.07, 6.45) is 5.16. The molecule has 2 aliphatic rings. The number of aliphatic hydroxyl groups is 2. The van der Waals surface area contributed by atoms with Crippen molar-refractivity contribution in [2.45, 2.75) is 63.8 Å². The highest BCUT2D eigenvalue weighted by molar-refractivity contribution is 6.00. The predicted octanol–water partition coefficient (Wildman–Crippen LogP) is 5.68. The monoisotopic (exact) mass is 573 g/mol. The summed E-state index contributed by atoms with van der Waals surface area (Å²) in [4.78, 5) is 22.5. The largest absolute Gasteiger partial charge is 0.488 e. The van der Waals surface area contributed by atoms with Crippen LogP contribution in [0.15, 0.2) is 54.7 Å². The molecule has 0 bridgehead atoms. The maximum Gasteiger partial charge on any atom is 0.251 e. The Balaban J connectivity index is 1.35. The molecule has 2 heterocycles. The van der Waals surface area contributed by atoms with Crippen LogP contribution in [0.25, 0.3) is 22.2 Å². The molecule has 0 saturated heterocycles. The molecule has 1 amide bonds. The maximum atomic E-state index is 15.7. The lowest BCUT2D eigenvalue weighted by Crippen LogP contribution is -2.43. The lowest BCUT2D eigenvalue weighted by atomic mass is 9.87. The lowest BCUT2D eigenvalue weighted by molar-refractivity contribution is 0.00864. The van der Waals surface area contributed by atoms with Gasteiger partial charge in [-0.15, -0.1) is 0 Å². The number of fused-ring (bicyclic) bond motifs is 1. The van der Waals surface area contributed by atoms with E-state index in [0.717, 1.165) is 23.8 Å². The van der Waals surface area contributed by atoms with Crippen molar-refractivity contribution in [3.63, 3.8) is 0 Å². The second-order valence-corrected chi connectivity index (χ2v) is 12.0. The maximum absolute atomic E-state index is 15.7. The average Bonchev–Trinajstić information content (AvgIpc) is 3.86. The fourth-order valence-corrected chi connectivity index (χ4v) is 5.23. The van der Waals surface area contributed by atoms with Gasteiger partial charge in [0.2, 0.25) is 0 Å². The van der Waals surface area contributed by atoms with E-state index in [2.05, 4.69) is 15.3 Å². The summed E-state index contributed by atoms with van der Waals surface area (Å²) in [5, 5.41) is 26.5. The number of carbonyl (C=O) groups is 1. The second kappa shape index (κ2) is 10.4. The van der Waals surface area contributed by atoms with E-state index in [0.29, 0.717) is 35.2 Å². The van der Waals surface area contributed by atoms with Crippen LogP contribution in [0.1, 0.15) is 66.7 Å². The van der Waals surface area contributed by atoms with Crippen LogP contribution < -0.4 is 10.1 Å². The molecule has 4 aromatic rings. The molecule has 6 rings (SSSR count). The molecular formula is C33H33F2N3O4. The molecule has 218 valence electrons. The molecule has 0 radical (unpaired) electrons. The van der Waals surface area contributed by atoms with Crippen molar-refractivity contribution >= 4 is 16.8 Å². The molecule has 2 saturated carbocycles. The van der Waals surface area contributed by atoms with E-state index in [9.17, 15) is 19.4 Å². The third-order valence-corrected chi connectivity index (χ3v) is 7.91. The first kappa shape index (κ1) is 28.2. The molecule has 3 N–H and O–H groups in total. The number of pyridine rings is 2. The van der Waals surface area contributed by atoms with Crippen LogP contribution in [-0.2, 0) is 11.2 Å². The number of rotatable bonds is 9. The van der Waals surface area contributed by atoms with Gasteiger partial charge in [-0.05, 0) is 106 Å². The standard InChI is InChI=1S/C33H33F2N3O4/c1-18-12-20-13-21(14-26(29(20)36-16-18)42-24-10-11-24)31(39)37-17-33(41,22-6-7-22)27-15-25(32(2,3)40)28(35)30(38-27)19-4-8-23(34)9-5-19/h4-5,8-9,12-16,22,24,40-41H,6-7,10-11,17H2,1-3H3,(H,37,39)/t33-/m1/s1. The molecule has 2 fully saturated rings. The topological polar surface area (TPSA) is 105 Å². The van der Waals surface area contributed by atoms with Gasteiger partial charge in [-0.2, -0.15) is 0 Å². The molecular weight excluding hydrogens is 540 g/mol. The Morgan fingerprint density at radius 3 is 2.40 bits per heavy atom. The Morgan fingerprint density at radius 2 is 1.76 bits per heavy atom. The number of nitrogens with zero attached hydrogens (tertiary/aromatic N) is 2. The Kier molecular flexibility index (Phi) is 6.98. The highest BCUT2D eigenvalue weighted by Crippen LogP contribution is 2.46. The summed E-state index contributed by atoms with van der Waals surface area (Å²) < 4.78 is 35.4. The van der Waals surface area contributed by atoms with Gasteiger partial charge in [-0.1, -0.05) is 0 Å². The molecule has 0 aliphatic heterocycles. The van der Waals surface area contributed by atoms with Crippen molar-refractivity contribution in [1.82, 2.24) is 15.3 Å². The van der Waals surface area contributed by atoms with Crippen LogP contribution in [-0.4, -0.2) is 38.7 Å². The summed E-state index contributed by atoms with van der Waals surface area (Å²) in [5.41, 5.74) is -0.999. The minimum absolute atomic E-state index is 0.0588. The quantitative estimate of drug-likeness (QED) is 0.238. The molecule has 1 atom stereocenters. The summed E-state index contributed by atoms with van der Waals surface area (Å²) in [5.74, 6) is -1.36. The van der Waals surface area contributed by atoms with Crippen LogP contribution in [0.3, 0.4) is 0 Å². The van der Waals surface area contributed by atoms with Gasteiger partial charge < -0.3 is 20.3 Å². The molecule has 42 heavy (non-hydrogen) atoms. The number of amides is 1. The van der Waals surface area contributed by atoms with E-state index in [-0.39, 0.29) is 35.5 Å². The van der Waals surface area contributed by atoms with Crippen LogP contribution in [0.4, 0.5) is 8.78 Å². The highest BCUT2D eigenvalue weighted by Gasteiger charge is 2.47. The van der Waals surface area contributed by atoms with Gasteiger partial charge in [0.1, 0.15) is 28.4 Å².